The topological polar surface area (TPSA) is 136 Å². The molecule has 140 valence electrons. The molecule has 26 heavy (non-hydrogen) atoms. The van der Waals surface area contributed by atoms with Crippen LogP contribution in [0, 0.1) is 0 Å². The smallest absolute Gasteiger partial charge is 0.321 e. The second kappa shape index (κ2) is 7.93. The Morgan fingerprint density at radius 1 is 1.38 bits per heavy atom. The average molecular weight is 382 g/mol. The fourth-order valence-corrected chi connectivity index (χ4v) is 2.76. The van der Waals surface area contributed by atoms with Gasteiger partial charge in [0, 0.05) is 20.6 Å². The van der Waals surface area contributed by atoms with Gasteiger partial charge in [0.1, 0.15) is 11.0 Å². The van der Waals surface area contributed by atoms with Gasteiger partial charge in [-0.1, -0.05) is 10.9 Å². The molecule has 12 heteroatoms. The fraction of sp³-hybridized carbons (Fsp3) is 0.286. The van der Waals surface area contributed by atoms with Crippen molar-refractivity contribution in [3.8, 4) is 0 Å². The van der Waals surface area contributed by atoms with Crippen LogP contribution in [0.4, 0.5) is 4.79 Å². The van der Waals surface area contributed by atoms with E-state index in [1.165, 1.54) is 38.4 Å². The third-order valence-corrected chi connectivity index (χ3v) is 4.95. The van der Waals surface area contributed by atoms with Crippen LogP contribution < -0.4 is 15.5 Å². The Balaban J connectivity index is 2.12. The molecule has 0 spiro atoms. The molecule has 0 fully saturated rings. The van der Waals surface area contributed by atoms with E-state index in [4.69, 9.17) is 4.84 Å². The molecule has 0 radical (unpaired) electrons. The van der Waals surface area contributed by atoms with Crippen molar-refractivity contribution < 1.29 is 22.8 Å². The summed E-state index contributed by atoms with van der Waals surface area (Å²) in [6.45, 7) is 3.11. The summed E-state index contributed by atoms with van der Waals surface area (Å²) in [5.41, 5.74) is 0.642. The first-order chi connectivity index (χ1) is 12.3. The third kappa shape index (κ3) is 4.34. The van der Waals surface area contributed by atoms with Crippen molar-refractivity contribution in [3.05, 3.63) is 30.9 Å². The number of urea groups is 1. The second-order valence-corrected chi connectivity index (χ2v) is 7.37. The molecule has 0 aliphatic rings. The van der Waals surface area contributed by atoms with Crippen LogP contribution in [0.2, 0.25) is 0 Å². The number of imide groups is 1. The number of amides is 3. The number of benzene rings is 1. The van der Waals surface area contributed by atoms with E-state index in [9.17, 15) is 18.0 Å². The lowest BCUT2D eigenvalue weighted by molar-refractivity contribution is -0.125. The molecule has 0 bridgehead atoms. The van der Waals surface area contributed by atoms with E-state index in [1.54, 1.807) is 0 Å². The molecule has 1 aromatic heterocycles. The van der Waals surface area contributed by atoms with Gasteiger partial charge in [-0.3, -0.25) is 10.1 Å². The van der Waals surface area contributed by atoms with Crippen LogP contribution >= 0.6 is 0 Å². The minimum atomic E-state index is -3.65. The summed E-state index contributed by atoms with van der Waals surface area (Å²) in [6, 6.07) is 3.51. The lowest BCUT2D eigenvalue weighted by Crippen LogP contribution is -2.42. The van der Waals surface area contributed by atoms with Crippen LogP contribution in [0.15, 0.2) is 35.7 Å². The summed E-state index contributed by atoms with van der Waals surface area (Å²) in [7, 11) is -0.830. The number of nitrogens with one attached hydrogen (secondary N) is 2. The Morgan fingerprint density at radius 2 is 2.12 bits per heavy atom. The number of hydrogen-bond donors (Lipinski definition) is 2. The first-order valence-electron chi connectivity index (χ1n) is 7.35. The summed E-state index contributed by atoms with van der Waals surface area (Å²) < 4.78 is 25.5. The van der Waals surface area contributed by atoms with E-state index < -0.39 is 28.6 Å². The van der Waals surface area contributed by atoms with Crippen molar-refractivity contribution in [1.82, 2.24) is 30.1 Å². The number of nitrogens with zero attached hydrogens (tertiary/aromatic N) is 4. The van der Waals surface area contributed by atoms with Crippen LogP contribution in [0.1, 0.15) is 0 Å². The zero-order valence-electron chi connectivity index (χ0n) is 14.2. The summed E-state index contributed by atoms with van der Waals surface area (Å²) in [5.74, 6) is -0.715. The number of sulfonamides is 1. The van der Waals surface area contributed by atoms with E-state index in [1.807, 2.05) is 5.32 Å². The van der Waals surface area contributed by atoms with Crippen molar-refractivity contribution in [3.63, 3.8) is 0 Å². The molecule has 0 saturated carbocycles. The van der Waals surface area contributed by atoms with Gasteiger partial charge in [0.2, 0.25) is 10.0 Å². The number of hydrogen-bond acceptors (Lipinski definition) is 7. The maximum atomic E-state index is 12.2. The normalized spacial score (nSPS) is 11.3. The minimum Gasteiger partial charge on any atom is -0.385 e. The number of fused-ring (bicyclic) bond motifs is 1. The highest BCUT2D eigenvalue weighted by molar-refractivity contribution is 7.89. The molecule has 0 atom stereocenters. The Kier molecular flexibility index (Phi) is 5.90. The highest BCUT2D eigenvalue weighted by Gasteiger charge is 2.19. The molecule has 11 nitrogen and oxygen atoms in total. The molecular formula is C14H18N6O5S. The lowest BCUT2D eigenvalue weighted by atomic mass is 10.3. The monoisotopic (exact) mass is 382 g/mol. The number of aromatic nitrogens is 3. The SMILES string of the molecule is C=CCNC(=O)NC(=O)COn1nnc2ccc(S(=O)(=O)N(C)C)cc21. The van der Waals surface area contributed by atoms with E-state index >= 15 is 0 Å². The van der Waals surface area contributed by atoms with Gasteiger partial charge < -0.3 is 10.2 Å². The Hall–Kier alpha value is -2.99. The summed E-state index contributed by atoms with van der Waals surface area (Å²) in [4.78, 5) is 29.2. The van der Waals surface area contributed by atoms with Gasteiger partial charge in [-0.2, -0.15) is 0 Å². The van der Waals surface area contributed by atoms with Crippen LogP contribution in [0.3, 0.4) is 0 Å². The molecule has 3 amide bonds. The average Bonchev–Trinajstić information content (AvgIpc) is 3.00. The highest BCUT2D eigenvalue weighted by Crippen LogP contribution is 2.18. The van der Waals surface area contributed by atoms with Crippen molar-refractivity contribution in [1.29, 1.82) is 0 Å². The molecule has 0 aliphatic heterocycles. The lowest BCUT2D eigenvalue weighted by Gasteiger charge is -2.11. The first kappa shape index (κ1) is 19.3. The fourth-order valence-electron chi connectivity index (χ4n) is 1.84. The number of carbonyl (C=O) groups excluding carboxylic acids is 2. The van der Waals surface area contributed by atoms with Crippen LogP contribution in [-0.2, 0) is 14.8 Å². The Morgan fingerprint density at radius 3 is 2.77 bits per heavy atom. The van der Waals surface area contributed by atoms with Crippen molar-refractivity contribution in [2.75, 3.05) is 27.2 Å². The standard InChI is InChI=1S/C14H18N6O5S/c1-4-7-15-14(22)16-13(21)9-25-20-12-8-10(26(23,24)19(2)3)5-6-11(12)17-18-20/h4-6,8H,1,7,9H2,2-3H3,(H2,15,16,21,22). The van der Waals surface area contributed by atoms with Gasteiger partial charge in [0.15, 0.2) is 6.61 Å². The largest absolute Gasteiger partial charge is 0.385 e. The van der Waals surface area contributed by atoms with E-state index in [0.717, 1.165) is 9.15 Å². The first-order valence-corrected chi connectivity index (χ1v) is 8.79. The maximum Gasteiger partial charge on any atom is 0.321 e. The zero-order valence-corrected chi connectivity index (χ0v) is 15.0. The van der Waals surface area contributed by atoms with Crippen LogP contribution in [-0.4, -0.2) is 67.1 Å². The number of rotatable bonds is 7. The molecular weight excluding hydrogens is 364 g/mol. The molecule has 2 aromatic rings. The summed E-state index contributed by atoms with van der Waals surface area (Å²) >= 11 is 0. The van der Waals surface area contributed by atoms with Crippen molar-refractivity contribution in [2.24, 2.45) is 0 Å². The molecule has 1 heterocycles. The van der Waals surface area contributed by atoms with E-state index in [2.05, 4.69) is 22.2 Å². The van der Waals surface area contributed by atoms with Gasteiger partial charge in [0.25, 0.3) is 5.91 Å². The van der Waals surface area contributed by atoms with Gasteiger partial charge in [-0.25, -0.2) is 17.5 Å². The predicted molar refractivity (Wildman–Crippen MR) is 91.6 cm³/mol. The van der Waals surface area contributed by atoms with Crippen LogP contribution in [0.5, 0.6) is 0 Å². The van der Waals surface area contributed by atoms with Gasteiger partial charge >= 0.3 is 6.03 Å². The Bertz CT molecular complexity index is 936. The van der Waals surface area contributed by atoms with Gasteiger partial charge in [-0.05, 0) is 23.4 Å². The minimum absolute atomic E-state index is 0.0235. The molecule has 0 aliphatic carbocycles. The second-order valence-electron chi connectivity index (χ2n) is 5.22. The maximum absolute atomic E-state index is 12.2. The number of carbonyl (C=O) groups is 2. The molecule has 0 saturated heterocycles. The summed E-state index contributed by atoms with van der Waals surface area (Å²) in [6.07, 6.45) is 1.46. The van der Waals surface area contributed by atoms with Crippen LogP contribution in [0.25, 0.3) is 11.0 Å². The third-order valence-electron chi connectivity index (χ3n) is 3.14. The van der Waals surface area contributed by atoms with Crippen molar-refractivity contribution >= 4 is 33.0 Å². The van der Waals surface area contributed by atoms with Gasteiger partial charge in [0.05, 0.1) is 4.90 Å². The molecule has 1 aromatic carbocycles. The molecule has 0 unspecified atom stereocenters. The molecule has 2 N–H and O–H groups in total. The highest BCUT2D eigenvalue weighted by atomic mass is 32.2. The van der Waals surface area contributed by atoms with Crippen molar-refractivity contribution in [2.45, 2.75) is 4.90 Å². The predicted octanol–water partition coefficient (Wildman–Crippen LogP) is -0.878. The van der Waals surface area contributed by atoms with E-state index in [-0.39, 0.29) is 17.0 Å². The zero-order chi connectivity index (χ0) is 19.3. The van der Waals surface area contributed by atoms with Gasteiger partial charge in [-0.15, -0.1) is 11.7 Å². The van der Waals surface area contributed by atoms with E-state index in [0.29, 0.717) is 5.52 Å². The summed E-state index contributed by atoms with van der Waals surface area (Å²) in [5, 5.41) is 11.9. The quantitative estimate of drug-likeness (QED) is 0.594. The Labute approximate surface area is 149 Å². The molecule has 2 rings (SSSR count).